The Balaban J connectivity index is 0.00000336. The van der Waals surface area contributed by atoms with Gasteiger partial charge in [-0.3, -0.25) is 19.9 Å². The van der Waals surface area contributed by atoms with Crippen molar-refractivity contribution >= 4 is 17.0 Å². The van der Waals surface area contributed by atoms with E-state index in [9.17, 15) is 0 Å². The number of hydrogen-bond acceptors (Lipinski definition) is 6. The van der Waals surface area contributed by atoms with Gasteiger partial charge in [0, 0.05) is 57.9 Å². The molecule has 7 heteroatoms. The minimum Gasteiger partial charge on any atom is -0.310 e. The Hall–Kier alpha value is -2.97. The third kappa shape index (κ3) is 8.01. The van der Waals surface area contributed by atoms with Crippen molar-refractivity contribution in [2.45, 2.75) is 51.5 Å². The summed E-state index contributed by atoms with van der Waals surface area (Å²) in [6, 6.07) is 25.8. The van der Waals surface area contributed by atoms with E-state index in [0.29, 0.717) is 6.04 Å². The van der Waals surface area contributed by atoms with E-state index < -0.39 is 0 Å². The molecule has 6 nitrogen and oxygen atoms in total. The maximum absolute atomic E-state index is 4.83. The average molecular weight is 574 g/mol. The van der Waals surface area contributed by atoms with Crippen LogP contribution in [0, 0.1) is 0 Å². The van der Waals surface area contributed by atoms with Gasteiger partial charge in [-0.05, 0) is 66.3 Å². The Morgan fingerprint density at radius 3 is 2.11 bits per heavy atom. The van der Waals surface area contributed by atoms with E-state index in [2.05, 4.69) is 68.0 Å². The van der Waals surface area contributed by atoms with Gasteiger partial charge in [-0.2, -0.15) is 0 Å². The molecule has 2 N–H and O–H groups in total. The third-order valence-electron chi connectivity index (χ3n) is 6.98. The summed E-state index contributed by atoms with van der Waals surface area (Å²) in [6.45, 7) is 5.17. The van der Waals surface area contributed by atoms with Gasteiger partial charge >= 0.3 is 0 Å². The van der Waals surface area contributed by atoms with E-state index in [1.165, 1.54) is 28.8 Å². The van der Waals surface area contributed by atoms with Gasteiger partial charge in [-0.15, -0.1) is 17.0 Å². The molecule has 4 aromatic rings. The molecule has 0 bridgehead atoms. The summed E-state index contributed by atoms with van der Waals surface area (Å²) in [5.41, 5.74) is 7.42. The van der Waals surface area contributed by atoms with Gasteiger partial charge in [-0.1, -0.05) is 42.5 Å². The first-order valence-corrected chi connectivity index (χ1v) is 13.3. The zero-order chi connectivity index (χ0) is 25.1. The zero-order valence-electron chi connectivity index (χ0n) is 21.8. The lowest BCUT2D eigenvalue weighted by atomic mass is 9.90. The Kier molecular flexibility index (Phi) is 10.9. The van der Waals surface area contributed by atoms with Crippen LogP contribution >= 0.6 is 17.0 Å². The van der Waals surface area contributed by atoms with Crippen LogP contribution < -0.4 is 10.6 Å². The van der Waals surface area contributed by atoms with Crippen molar-refractivity contribution in [3.05, 3.63) is 125 Å². The molecule has 0 saturated carbocycles. The molecule has 38 heavy (non-hydrogen) atoms. The number of benzene rings is 1. The lowest BCUT2D eigenvalue weighted by molar-refractivity contribution is 0.166. The van der Waals surface area contributed by atoms with Gasteiger partial charge in [0.2, 0.25) is 0 Å². The number of hydrogen-bond donors (Lipinski definition) is 2. The lowest BCUT2D eigenvalue weighted by Gasteiger charge is -2.35. The molecule has 1 aliphatic rings. The number of aryl methyl sites for hydroxylation is 1. The number of aromatic nitrogens is 3. The minimum absolute atomic E-state index is 0. The van der Waals surface area contributed by atoms with Crippen molar-refractivity contribution in [3.8, 4) is 0 Å². The van der Waals surface area contributed by atoms with Crippen molar-refractivity contribution in [1.82, 2.24) is 30.5 Å². The van der Waals surface area contributed by atoms with Crippen molar-refractivity contribution in [3.63, 3.8) is 0 Å². The van der Waals surface area contributed by atoms with Gasteiger partial charge in [0.05, 0.1) is 23.1 Å². The maximum Gasteiger partial charge on any atom is 0.0607 e. The largest absolute Gasteiger partial charge is 0.310 e. The standard InChI is InChI=1S/C31H36N6.BrH/c1-3-16-34-28(9-1)22-32-19-20-37(30-11-5-7-27-8-6-18-36-31(27)30)24-26-14-12-25(13-15-26)21-33-23-29-10-2-4-17-35-29;/h1-4,6,8-10,12-18,30,32-33H,5,7,11,19-24H2;1H. The molecule has 0 saturated heterocycles. The Labute approximate surface area is 236 Å². The molecule has 0 fully saturated rings. The molecular formula is C31H37BrN6. The molecule has 0 spiro atoms. The topological polar surface area (TPSA) is 66.0 Å². The predicted molar refractivity (Wildman–Crippen MR) is 158 cm³/mol. The smallest absolute Gasteiger partial charge is 0.0607 e. The summed E-state index contributed by atoms with van der Waals surface area (Å²) in [6.07, 6.45) is 9.13. The molecule has 0 amide bonds. The van der Waals surface area contributed by atoms with Crippen LogP contribution in [-0.2, 0) is 32.6 Å². The summed E-state index contributed by atoms with van der Waals surface area (Å²) >= 11 is 0. The van der Waals surface area contributed by atoms with Crippen LogP contribution in [-0.4, -0.2) is 32.9 Å². The van der Waals surface area contributed by atoms with E-state index in [1.807, 2.05) is 48.9 Å². The Morgan fingerprint density at radius 1 is 0.711 bits per heavy atom. The maximum atomic E-state index is 4.83. The molecule has 198 valence electrons. The van der Waals surface area contributed by atoms with Crippen LogP contribution in [0.4, 0.5) is 0 Å². The predicted octanol–water partition coefficient (Wildman–Crippen LogP) is 5.41. The Morgan fingerprint density at radius 2 is 1.39 bits per heavy atom. The van der Waals surface area contributed by atoms with Crippen LogP contribution in [0.25, 0.3) is 0 Å². The second kappa shape index (κ2) is 14.8. The molecule has 1 aromatic carbocycles. The summed E-state index contributed by atoms with van der Waals surface area (Å²) in [5, 5.41) is 7.08. The van der Waals surface area contributed by atoms with Gasteiger partial charge in [-0.25, -0.2) is 0 Å². The number of pyridine rings is 3. The molecule has 0 aliphatic heterocycles. The first-order valence-electron chi connectivity index (χ1n) is 13.3. The van der Waals surface area contributed by atoms with Gasteiger partial charge < -0.3 is 10.6 Å². The fourth-order valence-electron chi connectivity index (χ4n) is 5.06. The summed E-state index contributed by atoms with van der Waals surface area (Å²) in [7, 11) is 0. The second-order valence-corrected chi connectivity index (χ2v) is 9.67. The van der Waals surface area contributed by atoms with E-state index in [-0.39, 0.29) is 17.0 Å². The number of nitrogens with one attached hydrogen (secondary N) is 2. The number of nitrogens with zero attached hydrogens (tertiary/aromatic N) is 4. The monoisotopic (exact) mass is 572 g/mol. The molecule has 5 rings (SSSR count). The third-order valence-corrected chi connectivity index (χ3v) is 6.98. The van der Waals surface area contributed by atoms with Crippen LogP contribution in [0.3, 0.4) is 0 Å². The van der Waals surface area contributed by atoms with Crippen molar-refractivity contribution in [2.75, 3.05) is 13.1 Å². The van der Waals surface area contributed by atoms with Gasteiger partial charge in [0.1, 0.15) is 0 Å². The highest BCUT2D eigenvalue weighted by Crippen LogP contribution is 2.33. The number of rotatable bonds is 12. The van der Waals surface area contributed by atoms with Crippen molar-refractivity contribution < 1.29 is 0 Å². The molecular weight excluding hydrogens is 536 g/mol. The summed E-state index contributed by atoms with van der Waals surface area (Å²) < 4.78 is 0. The normalized spacial score (nSPS) is 14.6. The molecule has 1 atom stereocenters. The van der Waals surface area contributed by atoms with Crippen molar-refractivity contribution in [1.29, 1.82) is 0 Å². The molecule has 3 heterocycles. The van der Waals surface area contributed by atoms with E-state index in [0.717, 1.165) is 63.5 Å². The number of halogens is 1. The lowest BCUT2D eigenvalue weighted by Crippen LogP contribution is -2.36. The quantitative estimate of drug-likeness (QED) is 0.221. The van der Waals surface area contributed by atoms with Crippen LogP contribution in [0.2, 0.25) is 0 Å². The summed E-state index contributed by atoms with van der Waals surface area (Å²) in [4.78, 5) is 16.2. The fourth-order valence-corrected chi connectivity index (χ4v) is 5.06. The fraction of sp³-hybridized carbons (Fsp3) is 0.323. The molecule has 1 unspecified atom stereocenters. The Bertz CT molecular complexity index is 1220. The van der Waals surface area contributed by atoms with Crippen LogP contribution in [0.15, 0.2) is 91.4 Å². The van der Waals surface area contributed by atoms with Crippen LogP contribution in [0.1, 0.15) is 52.7 Å². The van der Waals surface area contributed by atoms with Crippen molar-refractivity contribution in [2.24, 2.45) is 0 Å². The SMILES string of the molecule is Br.c1ccc(CNCCN(Cc2ccc(CNCc3ccccn3)cc2)C2CCCc3cccnc32)nc1. The zero-order valence-corrected chi connectivity index (χ0v) is 23.5. The highest BCUT2D eigenvalue weighted by Gasteiger charge is 2.27. The average Bonchev–Trinajstić information content (AvgIpc) is 2.96. The highest BCUT2D eigenvalue weighted by atomic mass is 79.9. The molecule has 3 aromatic heterocycles. The van der Waals surface area contributed by atoms with E-state index in [1.54, 1.807) is 0 Å². The highest BCUT2D eigenvalue weighted by molar-refractivity contribution is 8.93. The second-order valence-electron chi connectivity index (χ2n) is 9.67. The van der Waals surface area contributed by atoms with E-state index in [4.69, 9.17) is 4.98 Å². The number of fused-ring (bicyclic) bond motifs is 1. The first-order chi connectivity index (χ1) is 18.3. The van der Waals surface area contributed by atoms with Gasteiger partial charge in [0.15, 0.2) is 0 Å². The molecule has 1 aliphatic carbocycles. The van der Waals surface area contributed by atoms with Crippen LogP contribution in [0.5, 0.6) is 0 Å². The van der Waals surface area contributed by atoms with E-state index >= 15 is 0 Å². The molecule has 0 radical (unpaired) electrons. The summed E-state index contributed by atoms with van der Waals surface area (Å²) in [5.74, 6) is 0. The first kappa shape index (κ1) is 28.0. The van der Waals surface area contributed by atoms with Gasteiger partial charge in [0.25, 0.3) is 0 Å². The minimum atomic E-state index is 0.